The maximum atomic E-state index is 11.6. The quantitative estimate of drug-likeness (QED) is 0.648. The molecule has 2 aliphatic rings. The number of carbonyl (C=O) groups excluding carboxylic acids is 1. The number of piperidine rings is 1. The average Bonchev–Trinajstić information content (AvgIpc) is 2.48. The predicted octanol–water partition coefficient (Wildman–Crippen LogP) is -0.485. The Morgan fingerprint density at radius 3 is 2.61 bits per heavy atom. The molecule has 2 fully saturated rings. The van der Waals surface area contributed by atoms with Crippen molar-refractivity contribution in [2.45, 2.75) is 19.4 Å². The van der Waals surface area contributed by atoms with Crippen LogP contribution >= 0.6 is 0 Å². The molecule has 0 unspecified atom stereocenters. The van der Waals surface area contributed by atoms with Gasteiger partial charge in [-0.05, 0) is 6.42 Å². The molecule has 0 aromatic heterocycles. The molecule has 104 valence electrons. The SMILES string of the molecule is CC(=O)N1CC[C@@H]2CN(S(C)(=O)=O)CCO[C@@H]2C1. The zero-order chi connectivity index (χ0) is 13.3. The van der Waals surface area contributed by atoms with E-state index in [1.165, 1.54) is 10.6 Å². The van der Waals surface area contributed by atoms with Crippen molar-refractivity contribution in [3.05, 3.63) is 0 Å². The normalized spacial score (nSPS) is 30.7. The molecule has 6 nitrogen and oxygen atoms in total. The Kier molecular flexibility index (Phi) is 3.93. The molecule has 0 saturated carbocycles. The molecular weight excluding hydrogens is 256 g/mol. The highest BCUT2D eigenvalue weighted by molar-refractivity contribution is 7.88. The molecule has 0 aromatic rings. The van der Waals surface area contributed by atoms with E-state index in [0.717, 1.165) is 6.42 Å². The number of sulfonamides is 1. The molecule has 0 bridgehead atoms. The maximum Gasteiger partial charge on any atom is 0.219 e. The Morgan fingerprint density at radius 1 is 1.28 bits per heavy atom. The number of ether oxygens (including phenoxy) is 1. The van der Waals surface area contributed by atoms with Crippen LogP contribution in [0.4, 0.5) is 0 Å². The maximum absolute atomic E-state index is 11.6. The Bertz CT molecular complexity index is 423. The van der Waals surface area contributed by atoms with Crippen molar-refractivity contribution in [3.63, 3.8) is 0 Å². The molecule has 2 saturated heterocycles. The standard InChI is InChI=1S/C11H20N2O4S/c1-9(14)12-4-3-10-7-13(18(2,15)16)5-6-17-11(10)8-12/h10-11H,3-8H2,1-2H3/t10-,11-/m1/s1. The number of carbonyl (C=O) groups is 1. The van der Waals surface area contributed by atoms with Gasteiger partial charge in [0.05, 0.1) is 19.0 Å². The van der Waals surface area contributed by atoms with Crippen molar-refractivity contribution in [1.29, 1.82) is 0 Å². The zero-order valence-corrected chi connectivity index (χ0v) is 11.6. The number of hydrogen-bond acceptors (Lipinski definition) is 4. The van der Waals surface area contributed by atoms with Gasteiger partial charge in [-0.15, -0.1) is 0 Å². The van der Waals surface area contributed by atoms with Crippen molar-refractivity contribution >= 4 is 15.9 Å². The first-order valence-corrected chi connectivity index (χ1v) is 8.05. The molecule has 0 aliphatic carbocycles. The molecule has 0 spiro atoms. The summed E-state index contributed by atoms with van der Waals surface area (Å²) in [5, 5.41) is 0. The van der Waals surface area contributed by atoms with Crippen LogP contribution in [-0.2, 0) is 19.6 Å². The number of rotatable bonds is 1. The first-order valence-electron chi connectivity index (χ1n) is 6.20. The summed E-state index contributed by atoms with van der Waals surface area (Å²) in [6.07, 6.45) is 2.00. The van der Waals surface area contributed by atoms with Gasteiger partial charge in [0, 0.05) is 39.0 Å². The average molecular weight is 276 g/mol. The lowest BCUT2D eigenvalue weighted by Crippen LogP contribution is -2.48. The second kappa shape index (κ2) is 5.14. The fourth-order valence-electron chi connectivity index (χ4n) is 2.61. The van der Waals surface area contributed by atoms with E-state index in [4.69, 9.17) is 4.74 Å². The number of nitrogens with zero attached hydrogens (tertiary/aromatic N) is 2. The lowest BCUT2D eigenvalue weighted by atomic mass is 9.94. The molecule has 2 atom stereocenters. The summed E-state index contributed by atoms with van der Waals surface area (Å²) in [6.45, 7) is 4.15. The Labute approximate surface area is 108 Å². The topological polar surface area (TPSA) is 66.9 Å². The molecule has 7 heteroatoms. The van der Waals surface area contributed by atoms with Crippen molar-refractivity contribution in [3.8, 4) is 0 Å². The van der Waals surface area contributed by atoms with Gasteiger partial charge in [0.2, 0.25) is 15.9 Å². The van der Waals surface area contributed by atoms with E-state index in [2.05, 4.69) is 0 Å². The van der Waals surface area contributed by atoms with Gasteiger partial charge in [-0.1, -0.05) is 0 Å². The van der Waals surface area contributed by atoms with Crippen LogP contribution in [0, 0.1) is 5.92 Å². The van der Waals surface area contributed by atoms with Crippen LogP contribution in [0.2, 0.25) is 0 Å². The van der Waals surface area contributed by atoms with Crippen molar-refractivity contribution in [2.24, 2.45) is 5.92 Å². The van der Waals surface area contributed by atoms with E-state index in [1.54, 1.807) is 11.8 Å². The van der Waals surface area contributed by atoms with Gasteiger partial charge in [0.15, 0.2) is 0 Å². The van der Waals surface area contributed by atoms with Crippen LogP contribution in [0.5, 0.6) is 0 Å². The monoisotopic (exact) mass is 276 g/mol. The molecule has 1 amide bonds. The highest BCUT2D eigenvalue weighted by Crippen LogP contribution is 2.25. The third-order valence-corrected chi connectivity index (χ3v) is 4.99. The zero-order valence-electron chi connectivity index (χ0n) is 10.8. The first-order chi connectivity index (χ1) is 8.38. The lowest BCUT2D eigenvalue weighted by Gasteiger charge is -2.37. The second-order valence-corrected chi connectivity index (χ2v) is 7.03. The number of hydrogen-bond donors (Lipinski definition) is 0. The van der Waals surface area contributed by atoms with E-state index in [9.17, 15) is 13.2 Å². The van der Waals surface area contributed by atoms with Gasteiger partial charge in [0.1, 0.15) is 0 Å². The molecule has 0 aromatic carbocycles. The summed E-state index contributed by atoms with van der Waals surface area (Å²) in [4.78, 5) is 13.1. The van der Waals surface area contributed by atoms with E-state index in [-0.39, 0.29) is 17.9 Å². The Hall–Kier alpha value is -0.660. The van der Waals surface area contributed by atoms with Gasteiger partial charge in [-0.25, -0.2) is 8.42 Å². The fraction of sp³-hybridized carbons (Fsp3) is 0.909. The van der Waals surface area contributed by atoms with Gasteiger partial charge in [-0.2, -0.15) is 4.31 Å². The molecule has 2 rings (SSSR count). The lowest BCUT2D eigenvalue weighted by molar-refractivity contribution is -0.134. The smallest absolute Gasteiger partial charge is 0.219 e. The highest BCUT2D eigenvalue weighted by Gasteiger charge is 2.36. The summed E-state index contributed by atoms with van der Waals surface area (Å²) in [6, 6.07) is 0. The van der Waals surface area contributed by atoms with Crippen LogP contribution in [0.15, 0.2) is 0 Å². The van der Waals surface area contributed by atoms with Crippen LogP contribution < -0.4 is 0 Å². The number of amides is 1. The molecule has 2 aliphatic heterocycles. The van der Waals surface area contributed by atoms with Crippen LogP contribution in [0.3, 0.4) is 0 Å². The molecule has 18 heavy (non-hydrogen) atoms. The number of fused-ring (bicyclic) bond motifs is 1. The van der Waals surface area contributed by atoms with Crippen molar-refractivity contribution in [2.75, 3.05) is 39.0 Å². The van der Waals surface area contributed by atoms with Crippen molar-refractivity contribution in [1.82, 2.24) is 9.21 Å². The van der Waals surface area contributed by atoms with Crippen molar-refractivity contribution < 1.29 is 17.9 Å². The summed E-state index contributed by atoms with van der Waals surface area (Å²) in [5.74, 6) is 0.249. The second-order valence-electron chi connectivity index (χ2n) is 5.04. The predicted molar refractivity (Wildman–Crippen MR) is 66.5 cm³/mol. The van der Waals surface area contributed by atoms with E-state index in [0.29, 0.717) is 32.8 Å². The van der Waals surface area contributed by atoms with Gasteiger partial charge in [-0.3, -0.25) is 4.79 Å². The Balaban J connectivity index is 2.06. The summed E-state index contributed by atoms with van der Waals surface area (Å²) < 4.78 is 30.4. The fourth-order valence-corrected chi connectivity index (χ4v) is 3.48. The molecule has 0 radical (unpaired) electrons. The minimum absolute atomic E-state index is 0.0330. The third kappa shape index (κ3) is 3.02. The highest BCUT2D eigenvalue weighted by atomic mass is 32.2. The minimum Gasteiger partial charge on any atom is -0.375 e. The molecular formula is C11H20N2O4S. The van der Waals surface area contributed by atoms with Gasteiger partial charge in [0.25, 0.3) is 0 Å². The van der Waals surface area contributed by atoms with Gasteiger partial charge < -0.3 is 9.64 Å². The van der Waals surface area contributed by atoms with Gasteiger partial charge >= 0.3 is 0 Å². The van der Waals surface area contributed by atoms with E-state index < -0.39 is 10.0 Å². The molecule has 2 heterocycles. The van der Waals surface area contributed by atoms with E-state index >= 15 is 0 Å². The number of likely N-dealkylation sites (tertiary alicyclic amines) is 1. The Morgan fingerprint density at radius 2 is 2.00 bits per heavy atom. The third-order valence-electron chi connectivity index (χ3n) is 3.72. The van der Waals surface area contributed by atoms with Crippen LogP contribution in [0.25, 0.3) is 0 Å². The molecule has 0 N–H and O–H groups in total. The first kappa shape index (κ1) is 13.8. The van der Waals surface area contributed by atoms with Crippen LogP contribution in [0.1, 0.15) is 13.3 Å². The summed E-state index contributed by atoms with van der Waals surface area (Å²) in [7, 11) is -3.16. The minimum atomic E-state index is -3.16. The largest absolute Gasteiger partial charge is 0.375 e. The summed E-state index contributed by atoms with van der Waals surface area (Å²) in [5.41, 5.74) is 0. The van der Waals surface area contributed by atoms with Crippen LogP contribution in [-0.4, -0.2) is 68.7 Å². The van der Waals surface area contributed by atoms with E-state index in [1.807, 2.05) is 0 Å². The summed E-state index contributed by atoms with van der Waals surface area (Å²) >= 11 is 0.